The minimum absolute atomic E-state index is 0.746. The van der Waals surface area contributed by atoms with Crippen LogP contribution in [0.1, 0.15) is 6.42 Å². The summed E-state index contributed by atoms with van der Waals surface area (Å²) in [7, 11) is 1.71. The third-order valence-corrected chi connectivity index (χ3v) is 4.50. The molecule has 0 spiro atoms. The smallest absolute Gasteiger partial charge is 0.134 e. The number of halogens is 1. The topological polar surface area (TPSA) is 53.5 Å². The van der Waals surface area contributed by atoms with Crippen molar-refractivity contribution in [1.82, 2.24) is 9.97 Å². The Kier molecular flexibility index (Phi) is 6.30. The van der Waals surface area contributed by atoms with Crippen LogP contribution in [0.15, 0.2) is 36.7 Å². The van der Waals surface area contributed by atoms with E-state index in [1.54, 1.807) is 13.4 Å². The molecule has 0 radical (unpaired) electrons. The third kappa shape index (κ3) is 4.96. The van der Waals surface area contributed by atoms with E-state index in [2.05, 4.69) is 31.2 Å². The van der Waals surface area contributed by atoms with Gasteiger partial charge in [0.1, 0.15) is 18.0 Å². The fourth-order valence-corrected chi connectivity index (χ4v) is 3.10. The number of nitrogens with one attached hydrogen (secondary N) is 1. The Balaban J connectivity index is 1.55. The lowest BCUT2D eigenvalue weighted by atomic mass is 10.2. The van der Waals surface area contributed by atoms with E-state index < -0.39 is 0 Å². The number of aromatic nitrogens is 2. The van der Waals surface area contributed by atoms with Crippen LogP contribution in [0, 0.1) is 0 Å². The summed E-state index contributed by atoms with van der Waals surface area (Å²) in [5.41, 5.74) is 1.18. The van der Waals surface area contributed by atoms with Gasteiger partial charge in [-0.1, -0.05) is 17.7 Å². The number of hydrogen-bond donors (Lipinski definition) is 1. The van der Waals surface area contributed by atoms with Crippen molar-refractivity contribution in [3.63, 3.8) is 0 Å². The highest BCUT2D eigenvalue weighted by Gasteiger charge is 2.18. The van der Waals surface area contributed by atoms with Crippen molar-refractivity contribution in [2.24, 2.45) is 0 Å². The van der Waals surface area contributed by atoms with Gasteiger partial charge in [-0.2, -0.15) is 0 Å². The first-order valence-corrected chi connectivity index (χ1v) is 8.94. The van der Waals surface area contributed by atoms with Crippen LogP contribution in [0.4, 0.5) is 17.3 Å². The number of methoxy groups -OCH3 is 1. The summed E-state index contributed by atoms with van der Waals surface area (Å²) in [4.78, 5) is 13.4. The minimum Gasteiger partial charge on any atom is -0.385 e. The molecule has 7 heteroatoms. The Hall–Kier alpha value is -2.05. The quantitative estimate of drug-likeness (QED) is 0.765. The van der Waals surface area contributed by atoms with Crippen molar-refractivity contribution in [2.75, 3.05) is 61.6 Å². The number of rotatable bonds is 7. The SMILES string of the molecule is COCCCNc1cc(N2CCN(c3cccc(Cl)c3)CC2)ncn1. The molecule has 0 bridgehead atoms. The summed E-state index contributed by atoms with van der Waals surface area (Å²) < 4.78 is 5.06. The van der Waals surface area contributed by atoms with Crippen LogP contribution in [-0.4, -0.2) is 56.4 Å². The summed E-state index contributed by atoms with van der Waals surface area (Å²) in [6.45, 7) is 5.32. The highest BCUT2D eigenvalue weighted by molar-refractivity contribution is 6.30. The highest BCUT2D eigenvalue weighted by Crippen LogP contribution is 2.22. The molecule has 1 fully saturated rings. The molecule has 3 rings (SSSR count). The van der Waals surface area contributed by atoms with Gasteiger partial charge in [0.05, 0.1) is 0 Å². The first-order valence-electron chi connectivity index (χ1n) is 8.56. The molecule has 1 aromatic heterocycles. The van der Waals surface area contributed by atoms with Crippen LogP contribution >= 0.6 is 11.6 Å². The van der Waals surface area contributed by atoms with Gasteiger partial charge >= 0.3 is 0 Å². The van der Waals surface area contributed by atoms with Gasteiger partial charge < -0.3 is 19.9 Å². The second kappa shape index (κ2) is 8.87. The molecular weight excluding hydrogens is 338 g/mol. The standard InChI is InChI=1S/C18H24ClN5O/c1-25-11-3-6-20-17-13-18(22-14-21-17)24-9-7-23(8-10-24)16-5-2-4-15(19)12-16/h2,4-5,12-14H,3,6-11H2,1H3,(H,20,21,22). The van der Waals surface area contributed by atoms with Crippen LogP contribution in [0.25, 0.3) is 0 Å². The van der Waals surface area contributed by atoms with Gasteiger partial charge in [0, 0.05) is 63.2 Å². The molecule has 1 aromatic carbocycles. The Morgan fingerprint density at radius 1 is 1.12 bits per heavy atom. The molecular formula is C18H24ClN5O. The Labute approximate surface area is 153 Å². The molecule has 0 aliphatic carbocycles. The van der Waals surface area contributed by atoms with E-state index in [1.807, 2.05) is 24.3 Å². The zero-order valence-corrected chi connectivity index (χ0v) is 15.2. The van der Waals surface area contributed by atoms with Crippen LogP contribution in [0.5, 0.6) is 0 Å². The normalized spacial score (nSPS) is 14.6. The zero-order valence-electron chi connectivity index (χ0n) is 14.5. The van der Waals surface area contributed by atoms with Gasteiger partial charge in [-0.3, -0.25) is 0 Å². The second-order valence-corrected chi connectivity index (χ2v) is 6.42. The largest absolute Gasteiger partial charge is 0.385 e. The zero-order chi connectivity index (χ0) is 17.5. The maximum Gasteiger partial charge on any atom is 0.134 e. The second-order valence-electron chi connectivity index (χ2n) is 5.99. The van der Waals surface area contributed by atoms with Gasteiger partial charge in [0.2, 0.25) is 0 Å². The lowest BCUT2D eigenvalue weighted by Gasteiger charge is -2.36. The van der Waals surface area contributed by atoms with Gasteiger partial charge in [0.25, 0.3) is 0 Å². The van der Waals surface area contributed by atoms with E-state index in [-0.39, 0.29) is 0 Å². The Bertz CT molecular complexity index is 676. The summed E-state index contributed by atoms with van der Waals surface area (Å²) in [6.07, 6.45) is 2.57. The molecule has 6 nitrogen and oxygen atoms in total. The molecule has 0 amide bonds. The maximum absolute atomic E-state index is 6.10. The minimum atomic E-state index is 0.746. The van der Waals surface area contributed by atoms with E-state index in [9.17, 15) is 0 Å². The monoisotopic (exact) mass is 361 g/mol. The first-order chi connectivity index (χ1) is 12.3. The van der Waals surface area contributed by atoms with Crippen LogP contribution < -0.4 is 15.1 Å². The fraction of sp³-hybridized carbons (Fsp3) is 0.444. The number of anilines is 3. The molecule has 0 saturated carbocycles. The number of nitrogens with zero attached hydrogens (tertiary/aromatic N) is 4. The summed E-state index contributed by atoms with van der Waals surface area (Å²) in [5.74, 6) is 1.83. The number of piperazine rings is 1. The first kappa shape index (κ1) is 17.8. The predicted molar refractivity (Wildman–Crippen MR) is 103 cm³/mol. The van der Waals surface area contributed by atoms with Crippen LogP contribution in [0.3, 0.4) is 0 Å². The molecule has 0 unspecified atom stereocenters. The summed E-state index contributed by atoms with van der Waals surface area (Å²) in [6, 6.07) is 10.0. The van der Waals surface area contributed by atoms with Gasteiger partial charge in [-0.25, -0.2) is 9.97 Å². The van der Waals surface area contributed by atoms with Crippen molar-refractivity contribution in [1.29, 1.82) is 0 Å². The average Bonchev–Trinajstić information content (AvgIpc) is 2.66. The van der Waals surface area contributed by atoms with Gasteiger partial charge in [0.15, 0.2) is 0 Å². The maximum atomic E-state index is 6.10. The number of hydrogen-bond acceptors (Lipinski definition) is 6. The lowest BCUT2D eigenvalue weighted by molar-refractivity contribution is 0.198. The molecule has 1 saturated heterocycles. The predicted octanol–water partition coefficient (Wildman–Crippen LogP) is 2.91. The van der Waals surface area contributed by atoms with Crippen LogP contribution in [-0.2, 0) is 4.74 Å². The molecule has 134 valence electrons. The lowest BCUT2D eigenvalue weighted by Crippen LogP contribution is -2.46. The Morgan fingerprint density at radius 2 is 1.92 bits per heavy atom. The number of benzene rings is 1. The summed E-state index contributed by atoms with van der Waals surface area (Å²) in [5, 5.41) is 4.09. The van der Waals surface area contributed by atoms with E-state index in [4.69, 9.17) is 16.3 Å². The van der Waals surface area contributed by atoms with Crippen molar-refractivity contribution >= 4 is 28.9 Å². The van der Waals surface area contributed by atoms with Crippen molar-refractivity contribution < 1.29 is 4.74 Å². The van der Waals surface area contributed by atoms with E-state index in [0.717, 1.165) is 62.4 Å². The van der Waals surface area contributed by atoms with Gasteiger partial charge in [-0.15, -0.1) is 0 Å². The van der Waals surface area contributed by atoms with Crippen molar-refractivity contribution in [2.45, 2.75) is 6.42 Å². The van der Waals surface area contributed by atoms with E-state index in [1.165, 1.54) is 5.69 Å². The molecule has 1 aliphatic rings. The third-order valence-electron chi connectivity index (χ3n) is 4.26. The molecule has 25 heavy (non-hydrogen) atoms. The average molecular weight is 362 g/mol. The number of ether oxygens (including phenoxy) is 1. The van der Waals surface area contributed by atoms with E-state index in [0.29, 0.717) is 0 Å². The Morgan fingerprint density at radius 3 is 2.68 bits per heavy atom. The molecule has 2 aromatic rings. The molecule has 0 atom stereocenters. The van der Waals surface area contributed by atoms with E-state index >= 15 is 0 Å². The molecule has 1 N–H and O–H groups in total. The highest BCUT2D eigenvalue weighted by atomic mass is 35.5. The van der Waals surface area contributed by atoms with Crippen molar-refractivity contribution in [3.05, 3.63) is 41.7 Å². The molecule has 2 heterocycles. The van der Waals surface area contributed by atoms with Crippen LogP contribution in [0.2, 0.25) is 5.02 Å². The summed E-state index contributed by atoms with van der Waals surface area (Å²) >= 11 is 6.10. The fourth-order valence-electron chi connectivity index (χ4n) is 2.92. The van der Waals surface area contributed by atoms with Gasteiger partial charge in [-0.05, 0) is 24.6 Å². The van der Waals surface area contributed by atoms with Crippen molar-refractivity contribution in [3.8, 4) is 0 Å². The molecule has 1 aliphatic heterocycles.